The number of hydrogen-bond acceptors (Lipinski definition) is 2. The molecule has 3 aromatic rings. The average Bonchev–Trinajstić information content (AvgIpc) is 3.09. The Balaban J connectivity index is 1.60. The fourth-order valence-corrected chi connectivity index (χ4v) is 4.15. The summed E-state index contributed by atoms with van der Waals surface area (Å²) in [6.07, 6.45) is -5.45. The highest BCUT2D eigenvalue weighted by molar-refractivity contribution is 6.04. The summed E-state index contributed by atoms with van der Waals surface area (Å²) in [6.45, 7) is 0.0822. The van der Waals surface area contributed by atoms with Crippen molar-refractivity contribution in [1.29, 1.82) is 0 Å². The van der Waals surface area contributed by atoms with E-state index in [1.807, 2.05) is 54.6 Å². The molecule has 1 atom stereocenters. The van der Waals surface area contributed by atoms with Crippen LogP contribution in [-0.2, 0) is 11.3 Å². The maximum atomic E-state index is 13.2. The largest absolute Gasteiger partial charge is 0.389 e. The van der Waals surface area contributed by atoms with Gasteiger partial charge in [-0.3, -0.25) is 9.59 Å². The number of nitrogens with one attached hydrogen (secondary N) is 1. The van der Waals surface area contributed by atoms with E-state index in [1.54, 1.807) is 24.3 Å². The van der Waals surface area contributed by atoms with Crippen LogP contribution in [0.25, 0.3) is 11.1 Å². The summed E-state index contributed by atoms with van der Waals surface area (Å²) in [5, 5.41) is 2.59. The molecule has 0 saturated heterocycles. The van der Waals surface area contributed by atoms with Gasteiger partial charge in [0.1, 0.15) is 6.04 Å². The summed E-state index contributed by atoms with van der Waals surface area (Å²) in [4.78, 5) is 27.8. The van der Waals surface area contributed by atoms with Gasteiger partial charge in [-0.05, 0) is 34.7 Å². The molecule has 0 fully saturated rings. The molecule has 0 aliphatic carbocycles. The summed E-state index contributed by atoms with van der Waals surface area (Å²) in [6, 6.07) is 23.4. The smallest absolute Gasteiger partial charge is 0.354 e. The molecule has 33 heavy (non-hydrogen) atoms. The first-order valence-corrected chi connectivity index (χ1v) is 10.7. The lowest BCUT2D eigenvalue weighted by molar-refractivity contribution is -0.136. The molecule has 1 unspecified atom stereocenters. The Bertz CT molecular complexity index is 1150. The molecular weight excluding hydrogens is 429 g/mol. The van der Waals surface area contributed by atoms with Gasteiger partial charge in [0.2, 0.25) is 5.91 Å². The van der Waals surface area contributed by atoms with Crippen molar-refractivity contribution in [3.63, 3.8) is 0 Å². The lowest BCUT2D eigenvalue weighted by Gasteiger charge is -2.26. The van der Waals surface area contributed by atoms with Crippen LogP contribution in [0.5, 0.6) is 0 Å². The minimum Gasteiger partial charge on any atom is -0.354 e. The van der Waals surface area contributed by atoms with Crippen molar-refractivity contribution in [2.75, 3.05) is 6.54 Å². The second kappa shape index (κ2) is 9.48. The monoisotopic (exact) mass is 452 g/mol. The maximum Gasteiger partial charge on any atom is 0.389 e. The second-order valence-electron chi connectivity index (χ2n) is 7.96. The topological polar surface area (TPSA) is 49.4 Å². The van der Waals surface area contributed by atoms with Crippen molar-refractivity contribution in [2.24, 2.45) is 0 Å². The highest BCUT2D eigenvalue weighted by atomic mass is 19.4. The van der Waals surface area contributed by atoms with Gasteiger partial charge in [0.25, 0.3) is 5.91 Å². The third-order valence-electron chi connectivity index (χ3n) is 5.69. The van der Waals surface area contributed by atoms with E-state index < -0.39 is 24.5 Å². The van der Waals surface area contributed by atoms with Gasteiger partial charge in [-0.2, -0.15) is 13.2 Å². The molecule has 0 bridgehead atoms. The van der Waals surface area contributed by atoms with Crippen LogP contribution in [0, 0.1) is 0 Å². The molecule has 0 spiro atoms. The van der Waals surface area contributed by atoms with Gasteiger partial charge in [0, 0.05) is 25.1 Å². The molecule has 1 aliphatic rings. The number of rotatable bonds is 7. The first-order valence-electron chi connectivity index (χ1n) is 10.7. The van der Waals surface area contributed by atoms with Gasteiger partial charge in [-0.25, -0.2) is 0 Å². The van der Waals surface area contributed by atoms with Gasteiger partial charge < -0.3 is 10.2 Å². The summed E-state index contributed by atoms with van der Waals surface area (Å²) in [5.74, 6) is -0.753. The predicted octanol–water partition coefficient (Wildman–Crippen LogP) is 5.51. The number of benzene rings is 3. The van der Waals surface area contributed by atoms with Gasteiger partial charge in [-0.15, -0.1) is 0 Å². The zero-order valence-electron chi connectivity index (χ0n) is 17.8. The number of carbonyl (C=O) groups excluding carboxylic acids is 2. The van der Waals surface area contributed by atoms with Crippen molar-refractivity contribution < 1.29 is 22.8 Å². The molecule has 2 amide bonds. The number of fused-ring (bicyclic) bond motifs is 1. The molecule has 1 N–H and O–H groups in total. The highest BCUT2D eigenvalue weighted by Crippen LogP contribution is 2.36. The van der Waals surface area contributed by atoms with Crippen LogP contribution >= 0.6 is 0 Å². The molecule has 0 saturated carbocycles. The van der Waals surface area contributed by atoms with Crippen molar-refractivity contribution in [3.8, 4) is 11.1 Å². The minimum absolute atomic E-state index is 0.111. The van der Waals surface area contributed by atoms with Gasteiger partial charge in [0.15, 0.2) is 0 Å². The van der Waals surface area contributed by atoms with Crippen LogP contribution in [0.3, 0.4) is 0 Å². The first-order chi connectivity index (χ1) is 15.8. The van der Waals surface area contributed by atoms with Crippen LogP contribution < -0.4 is 5.32 Å². The Hall–Kier alpha value is -3.61. The number of amides is 2. The summed E-state index contributed by atoms with van der Waals surface area (Å²) in [5.41, 5.74) is 3.81. The summed E-state index contributed by atoms with van der Waals surface area (Å²) < 4.78 is 37.3. The Morgan fingerprint density at radius 1 is 0.879 bits per heavy atom. The molecule has 4 nitrogen and oxygen atoms in total. The lowest BCUT2D eigenvalue weighted by Crippen LogP contribution is -2.39. The third kappa shape index (κ3) is 5.08. The highest BCUT2D eigenvalue weighted by Gasteiger charge is 2.41. The average molecular weight is 452 g/mol. The van der Waals surface area contributed by atoms with E-state index in [2.05, 4.69) is 5.32 Å². The Morgan fingerprint density at radius 3 is 2.24 bits per heavy atom. The number of carbonyl (C=O) groups is 2. The van der Waals surface area contributed by atoms with Crippen molar-refractivity contribution in [2.45, 2.75) is 31.6 Å². The third-order valence-corrected chi connectivity index (χ3v) is 5.69. The molecule has 170 valence electrons. The van der Waals surface area contributed by atoms with Gasteiger partial charge >= 0.3 is 6.18 Å². The minimum atomic E-state index is -4.27. The molecule has 7 heteroatoms. The maximum absolute atomic E-state index is 13.2. The van der Waals surface area contributed by atoms with E-state index in [0.717, 1.165) is 16.7 Å². The fourth-order valence-electron chi connectivity index (χ4n) is 4.15. The molecule has 1 aliphatic heterocycles. The molecule has 4 rings (SSSR count). The molecule has 3 aromatic carbocycles. The predicted molar refractivity (Wildman–Crippen MR) is 119 cm³/mol. The van der Waals surface area contributed by atoms with E-state index in [9.17, 15) is 22.8 Å². The Morgan fingerprint density at radius 2 is 1.52 bits per heavy atom. The fraction of sp³-hybridized carbons (Fsp3) is 0.231. The van der Waals surface area contributed by atoms with E-state index in [0.29, 0.717) is 11.1 Å². The Labute approximate surface area is 190 Å². The van der Waals surface area contributed by atoms with Crippen molar-refractivity contribution >= 4 is 11.8 Å². The second-order valence-corrected chi connectivity index (χ2v) is 7.96. The normalized spacial score (nSPS) is 15.4. The quantitative estimate of drug-likeness (QED) is 0.481. The van der Waals surface area contributed by atoms with E-state index in [4.69, 9.17) is 0 Å². The van der Waals surface area contributed by atoms with E-state index in [1.165, 1.54) is 4.90 Å². The number of hydrogen-bond donors (Lipinski definition) is 1. The molecule has 1 heterocycles. The van der Waals surface area contributed by atoms with Gasteiger partial charge in [-0.1, -0.05) is 72.8 Å². The van der Waals surface area contributed by atoms with Crippen LogP contribution in [0.1, 0.15) is 40.4 Å². The number of nitrogens with zero attached hydrogens (tertiary/aromatic N) is 1. The molecule has 0 aromatic heterocycles. The standard InChI is InChI=1S/C26H23F3N2O2/c27-26(28,29)15-8-16-30-24(32)23-21-13-6-7-14-22(21)25(33)31(23)17-19-11-4-5-12-20(19)18-9-2-1-3-10-18/h1-7,9-14,23H,8,15-17H2,(H,30,32). The van der Waals surface area contributed by atoms with Crippen LogP contribution in [-0.4, -0.2) is 29.4 Å². The van der Waals surface area contributed by atoms with Crippen molar-refractivity contribution in [3.05, 3.63) is 95.6 Å². The van der Waals surface area contributed by atoms with Crippen molar-refractivity contribution in [1.82, 2.24) is 10.2 Å². The SMILES string of the molecule is O=C(NCCCC(F)(F)F)C1c2ccccc2C(=O)N1Cc1ccccc1-c1ccccc1. The first kappa shape index (κ1) is 22.6. The number of alkyl halides is 3. The number of halogens is 3. The molecule has 0 radical (unpaired) electrons. The van der Waals surface area contributed by atoms with E-state index in [-0.39, 0.29) is 25.4 Å². The zero-order chi connectivity index (χ0) is 23.4. The zero-order valence-corrected chi connectivity index (χ0v) is 17.8. The Kier molecular flexibility index (Phi) is 6.49. The van der Waals surface area contributed by atoms with Crippen LogP contribution in [0.2, 0.25) is 0 Å². The summed E-state index contributed by atoms with van der Waals surface area (Å²) >= 11 is 0. The van der Waals surface area contributed by atoms with Crippen LogP contribution in [0.4, 0.5) is 13.2 Å². The van der Waals surface area contributed by atoms with Gasteiger partial charge in [0.05, 0.1) is 0 Å². The molecular formula is C26H23F3N2O2. The van der Waals surface area contributed by atoms with E-state index >= 15 is 0 Å². The van der Waals surface area contributed by atoms with Crippen LogP contribution in [0.15, 0.2) is 78.9 Å². The lowest BCUT2D eigenvalue weighted by atomic mass is 9.99. The summed E-state index contributed by atoms with van der Waals surface area (Å²) in [7, 11) is 0.